The predicted molar refractivity (Wildman–Crippen MR) is 62.2 cm³/mol. The molecule has 0 aromatic carbocycles. The van der Waals surface area contributed by atoms with Crippen LogP contribution in [-0.4, -0.2) is 81.0 Å². The molecule has 0 aromatic heterocycles. The lowest BCUT2D eigenvalue weighted by atomic mass is 10.1. The van der Waals surface area contributed by atoms with Crippen molar-refractivity contribution in [1.29, 1.82) is 0 Å². The molecule has 3 N–H and O–H groups in total. The SMILES string of the molecule is CC1C(=O)[N+](C)(CC(O)C(O)CO)CC(=O)N1Cl. The summed E-state index contributed by atoms with van der Waals surface area (Å²) in [4.78, 5) is 23.7. The Morgan fingerprint density at radius 1 is 1.44 bits per heavy atom. The zero-order valence-corrected chi connectivity index (χ0v) is 11.0. The predicted octanol–water partition coefficient (Wildman–Crippen LogP) is -1.94. The maximum absolute atomic E-state index is 12.1. The van der Waals surface area contributed by atoms with Crippen LogP contribution in [0.15, 0.2) is 0 Å². The normalized spacial score (nSPS) is 32.6. The van der Waals surface area contributed by atoms with Gasteiger partial charge in [-0.3, -0.25) is 9.28 Å². The highest BCUT2D eigenvalue weighted by atomic mass is 35.5. The van der Waals surface area contributed by atoms with Crippen molar-refractivity contribution < 1.29 is 29.4 Å². The van der Waals surface area contributed by atoms with Crippen molar-refractivity contribution in [2.24, 2.45) is 0 Å². The molecule has 7 nitrogen and oxygen atoms in total. The van der Waals surface area contributed by atoms with Gasteiger partial charge >= 0.3 is 5.91 Å². The molecular weight excluding hydrogens is 264 g/mol. The van der Waals surface area contributed by atoms with Gasteiger partial charge in [-0.15, -0.1) is 0 Å². The number of amides is 2. The second kappa shape index (κ2) is 5.50. The summed E-state index contributed by atoms with van der Waals surface area (Å²) in [5, 5.41) is 27.7. The number of hydrogen-bond acceptors (Lipinski definition) is 5. The molecular formula is C10H18ClN2O5+. The van der Waals surface area contributed by atoms with Crippen LogP contribution in [0.3, 0.4) is 0 Å². The Morgan fingerprint density at radius 2 is 2.00 bits per heavy atom. The molecule has 104 valence electrons. The number of carbonyl (C=O) groups is 2. The van der Waals surface area contributed by atoms with E-state index in [2.05, 4.69) is 0 Å². The molecule has 1 rings (SSSR count). The Hall–Kier alpha value is -0.730. The Labute approximate surface area is 110 Å². The Morgan fingerprint density at radius 3 is 2.50 bits per heavy atom. The highest BCUT2D eigenvalue weighted by Gasteiger charge is 2.48. The van der Waals surface area contributed by atoms with Crippen LogP contribution in [0.4, 0.5) is 0 Å². The van der Waals surface area contributed by atoms with E-state index in [9.17, 15) is 19.8 Å². The van der Waals surface area contributed by atoms with Crippen LogP contribution < -0.4 is 0 Å². The van der Waals surface area contributed by atoms with Crippen LogP contribution in [0.5, 0.6) is 0 Å². The monoisotopic (exact) mass is 281 g/mol. The summed E-state index contributed by atoms with van der Waals surface area (Å²) in [6.07, 6.45) is -2.63. The molecule has 0 spiro atoms. The number of nitrogens with zero attached hydrogens (tertiary/aromatic N) is 2. The van der Waals surface area contributed by atoms with E-state index >= 15 is 0 Å². The van der Waals surface area contributed by atoms with Crippen LogP contribution in [0.25, 0.3) is 0 Å². The Bertz CT molecular complexity index is 353. The van der Waals surface area contributed by atoms with Crippen molar-refractivity contribution in [3.05, 3.63) is 0 Å². The third-order valence-corrected chi connectivity index (χ3v) is 3.65. The quantitative estimate of drug-likeness (QED) is 0.411. The highest BCUT2D eigenvalue weighted by molar-refractivity contribution is 6.23. The van der Waals surface area contributed by atoms with E-state index in [1.807, 2.05) is 0 Å². The summed E-state index contributed by atoms with van der Waals surface area (Å²) in [5.41, 5.74) is 0. The highest BCUT2D eigenvalue weighted by Crippen LogP contribution is 2.21. The van der Waals surface area contributed by atoms with Gasteiger partial charge in [-0.2, -0.15) is 0 Å². The fraction of sp³-hybridized carbons (Fsp3) is 0.800. The molecule has 18 heavy (non-hydrogen) atoms. The molecule has 1 heterocycles. The molecule has 2 amide bonds. The van der Waals surface area contributed by atoms with Crippen LogP contribution in [-0.2, 0) is 9.59 Å². The molecule has 1 aliphatic heterocycles. The van der Waals surface area contributed by atoms with Crippen LogP contribution >= 0.6 is 11.8 Å². The van der Waals surface area contributed by atoms with Gasteiger partial charge in [0.1, 0.15) is 18.8 Å². The van der Waals surface area contributed by atoms with E-state index in [1.165, 1.54) is 14.0 Å². The average molecular weight is 282 g/mol. The summed E-state index contributed by atoms with van der Waals surface area (Å²) in [6, 6.07) is -0.795. The topological polar surface area (TPSA) is 98.1 Å². The van der Waals surface area contributed by atoms with E-state index < -0.39 is 30.8 Å². The van der Waals surface area contributed by atoms with E-state index in [0.29, 0.717) is 0 Å². The standard InChI is InChI=1S/C10H18ClN2O5/c1-6-10(18)13(2,4-9(17)12(6)11)3-7(15)8(16)5-14/h6-8,14-16H,3-5H2,1-2H3/q+1. The van der Waals surface area contributed by atoms with Crippen LogP contribution in [0.2, 0.25) is 0 Å². The van der Waals surface area contributed by atoms with Crippen molar-refractivity contribution >= 4 is 23.6 Å². The molecule has 4 atom stereocenters. The van der Waals surface area contributed by atoms with Gasteiger partial charge in [-0.1, -0.05) is 0 Å². The number of halogens is 1. The van der Waals surface area contributed by atoms with E-state index in [4.69, 9.17) is 16.9 Å². The van der Waals surface area contributed by atoms with Crippen LogP contribution in [0, 0.1) is 0 Å². The molecule has 1 aliphatic rings. The van der Waals surface area contributed by atoms with Crippen LogP contribution in [0.1, 0.15) is 6.92 Å². The smallest absolute Gasteiger partial charge is 0.337 e. The summed E-state index contributed by atoms with van der Waals surface area (Å²) in [5.74, 6) is -0.745. The number of likely N-dealkylation sites (N-methyl/N-ethyl adjacent to an activating group) is 1. The van der Waals surface area contributed by atoms with Gasteiger partial charge in [0, 0.05) is 11.8 Å². The number of hydrogen-bond donors (Lipinski definition) is 3. The van der Waals surface area contributed by atoms with E-state index in [0.717, 1.165) is 4.42 Å². The minimum Gasteiger partial charge on any atom is -0.394 e. The van der Waals surface area contributed by atoms with Gasteiger partial charge in [0.2, 0.25) is 0 Å². The summed E-state index contributed by atoms with van der Waals surface area (Å²) >= 11 is 5.67. The van der Waals surface area contributed by atoms with Gasteiger partial charge in [0.15, 0.2) is 12.6 Å². The van der Waals surface area contributed by atoms with Crippen molar-refractivity contribution in [2.45, 2.75) is 25.2 Å². The molecule has 1 saturated heterocycles. The van der Waals surface area contributed by atoms with Crippen molar-refractivity contribution in [1.82, 2.24) is 4.42 Å². The van der Waals surface area contributed by atoms with Crippen molar-refractivity contribution in [3.8, 4) is 0 Å². The molecule has 1 fully saturated rings. The van der Waals surface area contributed by atoms with Gasteiger partial charge in [0.05, 0.1) is 13.7 Å². The van der Waals surface area contributed by atoms with E-state index in [1.54, 1.807) is 0 Å². The molecule has 0 radical (unpaired) electrons. The molecule has 0 aromatic rings. The second-order valence-corrected chi connectivity index (χ2v) is 5.14. The number of rotatable bonds is 4. The third kappa shape index (κ3) is 2.81. The third-order valence-electron chi connectivity index (χ3n) is 3.17. The largest absolute Gasteiger partial charge is 0.394 e. The second-order valence-electron chi connectivity index (χ2n) is 4.77. The molecule has 4 unspecified atom stereocenters. The maximum Gasteiger partial charge on any atom is 0.337 e. The lowest BCUT2D eigenvalue weighted by molar-refractivity contribution is -0.834. The first kappa shape index (κ1) is 15.3. The molecule has 0 aliphatic carbocycles. The number of piperazine rings is 1. The van der Waals surface area contributed by atoms with Gasteiger partial charge < -0.3 is 15.3 Å². The summed E-state index contributed by atoms with van der Waals surface area (Å²) in [6.45, 7) is 0.557. The van der Waals surface area contributed by atoms with Gasteiger partial charge in [-0.25, -0.2) is 9.21 Å². The number of aliphatic hydroxyl groups excluding tert-OH is 3. The number of carbonyl (C=O) groups excluding carboxylic acids is 2. The van der Waals surface area contributed by atoms with E-state index in [-0.39, 0.29) is 23.5 Å². The fourth-order valence-electron chi connectivity index (χ4n) is 2.02. The Balaban J connectivity index is 2.85. The average Bonchev–Trinajstić information content (AvgIpc) is 2.32. The van der Waals surface area contributed by atoms with Crippen molar-refractivity contribution in [2.75, 3.05) is 26.7 Å². The molecule has 0 bridgehead atoms. The first-order valence-corrected chi connectivity index (χ1v) is 5.90. The van der Waals surface area contributed by atoms with Crippen molar-refractivity contribution in [3.63, 3.8) is 0 Å². The lowest BCUT2D eigenvalue weighted by Crippen LogP contribution is -2.67. The number of aliphatic hydroxyl groups is 3. The summed E-state index contributed by atoms with van der Waals surface area (Å²) in [7, 11) is 1.49. The summed E-state index contributed by atoms with van der Waals surface area (Å²) < 4.78 is 0.499. The molecule has 0 saturated carbocycles. The number of quaternary nitrogens is 1. The zero-order valence-electron chi connectivity index (χ0n) is 10.3. The zero-order chi connectivity index (χ0) is 14.1. The minimum absolute atomic E-state index is 0.151. The molecule has 8 heteroatoms. The maximum atomic E-state index is 12.1. The fourth-order valence-corrected chi connectivity index (χ4v) is 2.16. The lowest BCUT2D eigenvalue weighted by Gasteiger charge is -2.40. The van der Waals surface area contributed by atoms with Gasteiger partial charge in [0.25, 0.3) is 5.91 Å². The Kier molecular flexibility index (Phi) is 4.68. The first-order valence-electron chi connectivity index (χ1n) is 5.56. The van der Waals surface area contributed by atoms with Gasteiger partial charge in [-0.05, 0) is 6.92 Å². The minimum atomic E-state index is -1.34. The first-order chi connectivity index (χ1) is 8.23.